The van der Waals surface area contributed by atoms with E-state index in [9.17, 15) is 9.59 Å². The molecule has 1 aromatic carbocycles. The molecule has 0 N–H and O–H groups in total. The number of carbonyl (C=O) groups excluding carboxylic acids is 2. The number of hydrogen-bond donors (Lipinski definition) is 0. The molecule has 1 heterocycles. The van der Waals surface area contributed by atoms with Crippen molar-refractivity contribution in [1.82, 2.24) is 0 Å². The third kappa shape index (κ3) is 3.62. The van der Waals surface area contributed by atoms with Crippen molar-refractivity contribution in [2.45, 2.75) is 26.4 Å². The third-order valence-electron chi connectivity index (χ3n) is 3.72. The number of hydrogen-bond acceptors (Lipinski definition) is 5. The molecule has 1 atom stereocenters. The van der Waals surface area contributed by atoms with Crippen molar-refractivity contribution >= 4 is 17.5 Å². The van der Waals surface area contributed by atoms with E-state index in [1.165, 1.54) is 7.11 Å². The predicted molar refractivity (Wildman–Crippen MR) is 85.6 cm³/mol. The lowest BCUT2D eigenvalue weighted by Gasteiger charge is -2.15. The van der Waals surface area contributed by atoms with Crippen molar-refractivity contribution in [2.75, 3.05) is 13.7 Å². The first-order valence-electron chi connectivity index (χ1n) is 7.39. The van der Waals surface area contributed by atoms with E-state index in [0.717, 1.165) is 11.1 Å². The number of allylic oxidation sites excluding steroid dienone is 1. The van der Waals surface area contributed by atoms with Crippen LogP contribution in [0.5, 0.6) is 0 Å². The van der Waals surface area contributed by atoms with Crippen LogP contribution in [0.1, 0.15) is 36.2 Å². The molecule has 0 amide bonds. The summed E-state index contributed by atoms with van der Waals surface area (Å²) in [5, 5.41) is 0. The molecule has 1 aliphatic rings. The highest BCUT2D eigenvalue weighted by Gasteiger charge is 2.30. The van der Waals surface area contributed by atoms with Gasteiger partial charge in [-0.1, -0.05) is 18.7 Å². The number of methoxy groups -OCH3 is 1. The lowest BCUT2D eigenvalue weighted by molar-refractivity contribution is -0.138. The molecule has 0 aromatic heterocycles. The zero-order valence-electron chi connectivity index (χ0n) is 13.5. The summed E-state index contributed by atoms with van der Waals surface area (Å²) in [7, 11) is 1.34. The molecule has 0 radical (unpaired) electrons. The van der Waals surface area contributed by atoms with E-state index in [1.807, 2.05) is 0 Å². The number of ether oxygens (including phenoxy) is 3. The van der Waals surface area contributed by atoms with Crippen LogP contribution in [-0.2, 0) is 19.0 Å². The highest BCUT2D eigenvalue weighted by atomic mass is 16.5. The van der Waals surface area contributed by atoms with E-state index in [2.05, 4.69) is 11.3 Å². The van der Waals surface area contributed by atoms with Gasteiger partial charge in [0.25, 0.3) is 0 Å². The smallest absolute Gasteiger partial charge is 0.337 e. The Labute approximate surface area is 135 Å². The monoisotopic (exact) mass is 316 g/mol. The lowest BCUT2D eigenvalue weighted by Crippen LogP contribution is -2.11. The van der Waals surface area contributed by atoms with E-state index in [4.69, 9.17) is 9.47 Å². The van der Waals surface area contributed by atoms with Crippen LogP contribution in [0.25, 0.3) is 5.57 Å². The molecule has 5 nitrogen and oxygen atoms in total. The molecule has 0 saturated heterocycles. The Morgan fingerprint density at radius 3 is 2.39 bits per heavy atom. The van der Waals surface area contributed by atoms with Gasteiger partial charge in [0.05, 0.1) is 24.9 Å². The van der Waals surface area contributed by atoms with Gasteiger partial charge in [0.1, 0.15) is 11.9 Å². The van der Waals surface area contributed by atoms with Crippen LogP contribution < -0.4 is 0 Å². The van der Waals surface area contributed by atoms with Crippen LogP contribution in [0, 0.1) is 0 Å². The van der Waals surface area contributed by atoms with E-state index in [0.29, 0.717) is 29.9 Å². The van der Waals surface area contributed by atoms with Crippen molar-refractivity contribution in [2.24, 2.45) is 0 Å². The minimum atomic E-state index is -0.388. The third-order valence-corrected chi connectivity index (χ3v) is 3.72. The fourth-order valence-corrected chi connectivity index (χ4v) is 2.42. The van der Waals surface area contributed by atoms with Gasteiger partial charge in [0.2, 0.25) is 0 Å². The van der Waals surface area contributed by atoms with Crippen molar-refractivity contribution < 1.29 is 23.8 Å². The van der Waals surface area contributed by atoms with Gasteiger partial charge in [-0.25, -0.2) is 9.59 Å². The second-order valence-electron chi connectivity index (χ2n) is 5.16. The summed E-state index contributed by atoms with van der Waals surface area (Å²) >= 11 is 0. The topological polar surface area (TPSA) is 61.8 Å². The predicted octanol–water partition coefficient (Wildman–Crippen LogP) is 3.11. The van der Waals surface area contributed by atoms with E-state index < -0.39 is 0 Å². The number of esters is 2. The van der Waals surface area contributed by atoms with Crippen molar-refractivity contribution in [1.29, 1.82) is 0 Å². The van der Waals surface area contributed by atoms with Gasteiger partial charge in [-0.3, -0.25) is 0 Å². The zero-order chi connectivity index (χ0) is 17.0. The van der Waals surface area contributed by atoms with Crippen LogP contribution in [0.2, 0.25) is 0 Å². The Hall–Kier alpha value is -2.56. The van der Waals surface area contributed by atoms with Gasteiger partial charge < -0.3 is 14.2 Å². The molecule has 5 heteroatoms. The van der Waals surface area contributed by atoms with E-state index >= 15 is 0 Å². The molecular weight excluding hydrogens is 296 g/mol. The van der Waals surface area contributed by atoms with Gasteiger partial charge >= 0.3 is 11.9 Å². The standard InChI is InChI=1S/C18H20O5/c1-5-22-18(20)15-10-16(23-12(15)3)11(2)13-6-8-14(9-7-13)17(19)21-4/h6-9,16H,2,5,10H2,1,3-4H3. The summed E-state index contributed by atoms with van der Waals surface area (Å²) in [4.78, 5) is 23.3. The molecule has 122 valence electrons. The van der Waals surface area contributed by atoms with Gasteiger partial charge in [0, 0.05) is 6.42 Å². The maximum atomic E-state index is 11.9. The summed E-state index contributed by atoms with van der Waals surface area (Å²) in [6.07, 6.45) is 0.126. The molecule has 0 bridgehead atoms. The Kier molecular flexibility index (Phi) is 5.21. The maximum Gasteiger partial charge on any atom is 0.337 e. The number of benzene rings is 1. The quantitative estimate of drug-likeness (QED) is 0.781. The zero-order valence-corrected chi connectivity index (χ0v) is 13.5. The molecule has 0 spiro atoms. The first kappa shape index (κ1) is 16.8. The lowest BCUT2D eigenvalue weighted by atomic mass is 9.97. The second kappa shape index (κ2) is 7.13. The van der Waals surface area contributed by atoms with Crippen LogP contribution in [0.15, 0.2) is 42.2 Å². The molecule has 0 saturated carbocycles. The molecule has 1 aromatic rings. The maximum absolute atomic E-state index is 11.9. The Balaban J connectivity index is 2.08. The van der Waals surface area contributed by atoms with Gasteiger partial charge in [0.15, 0.2) is 0 Å². The number of rotatable bonds is 5. The van der Waals surface area contributed by atoms with Crippen LogP contribution >= 0.6 is 0 Å². The minimum absolute atomic E-state index is 0.307. The molecule has 23 heavy (non-hydrogen) atoms. The largest absolute Gasteiger partial charge is 0.489 e. The van der Waals surface area contributed by atoms with Gasteiger partial charge in [-0.2, -0.15) is 0 Å². The summed E-state index contributed by atoms with van der Waals surface area (Å²) in [6, 6.07) is 6.92. The Morgan fingerprint density at radius 1 is 1.22 bits per heavy atom. The Morgan fingerprint density at radius 2 is 1.83 bits per heavy atom. The molecule has 2 rings (SSSR count). The first-order chi connectivity index (χ1) is 11.0. The SMILES string of the molecule is C=C(c1ccc(C(=O)OC)cc1)C1CC(C(=O)OCC)=C(C)O1. The van der Waals surface area contributed by atoms with Crippen LogP contribution in [-0.4, -0.2) is 31.8 Å². The fraction of sp³-hybridized carbons (Fsp3) is 0.333. The highest BCUT2D eigenvalue weighted by molar-refractivity contribution is 5.91. The van der Waals surface area contributed by atoms with E-state index in [-0.39, 0.29) is 18.0 Å². The van der Waals surface area contributed by atoms with Crippen molar-refractivity contribution in [3.63, 3.8) is 0 Å². The first-order valence-corrected chi connectivity index (χ1v) is 7.39. The van der Waals surface area contributed by atoms with Gasteiger partial charge in [-0.05, 0) is 37.1 Å². The molecule has 0 fully saturated rings. The minimum Gasteiger partial charge on any atom is -0.489 e. The summed E-state index contributed by atoms with van der Waals surface area (Å²) in [5.74, 6) is -0.163. The van der Waals surface area contributed by atoms with Crippen molar-refractivity contribution in [3.05, 3.63) is 53.3 Å². The number of carbonyl (C=O) groups is 2. The Bertz CT molecular complexity index is 654. The summed E-state index contributed by atoms with van der Waals surface area (Å²) in [5.41, 5.74) is 2.61. The normalized spacial score (nSPS) is 16.7. The molecular formula is C18H20O5. The van der Waals surface area contributed by atoms with Crippen molar-refractivity contribution in [3.8, 4) is 0 Å². The van der Waals surface area contributed by atoms with Crippen LogP contribution in [0.3, 0.4) is 0 Å². The van der Waals surface area contributed by atoms with Gasteiger partial charge in [-0.15, -0.1) is 0 Å². The van der Waals surface area contributed by atoms with Crippen LogP contribution in [0.4, 0.5) is 0 Å². The molecule has 1 unspecified atom stereocenters. The summed E-state index contributed by atoms with van der Waals surface area (Å²) in [6.45, 7) is 7.90. The molecule has 0 aliphatic carbocycles. The highest BCUT2D eigenvalue weighted by Crippen LogP contribution is 2.33. The fourth-order valence-electron chi connectivity index (χ4n) is 2.42. The average Bonchev–Trinajstić information content (AvgIpc) is 2.95. The van der Waals surface area contributed by atoms with E-state index in [1.54, 1.807) is 38.1 Å². The molecule has 1 aliphatic heterocycles. The summed E-state index contributed by atoms with van der Waals surface area (Å²) < 4.78 is 15.4. The second-order valence-corrected chi connectivity index (χ2v) is 5.16. The average molecular weight is 316 g/mol.